The van der Waals surface area contributed by atoms with E-state index in [1.165, 1.54) is 151 Å². The maximum absolute atomic E-state index is 2.48. The Morgan fingerprint density at radius 1 is 0.280 bits per heavy atom. The van der Waals surface area contributed by atoms with E-state index >= 15 is 0 Å². The molecule has 50 heavy (non-hydrogen) atoms. The van der Waals surface area contributed by atoms with Crippen molar-refractivity contribution in [2.24, 2.45) is 0 Å². The van der Waals surface area contributed by atoms with Crippen LogP contribution >= 0.6 is 15.8 Å². The maximum atomic E-state index is 2.48. The van der Waals surface area contributed by atoms with E-state index in [0.717, 1.165) is 22.6 Å². The molecule has 0 spiro atoms. The topological polar surface area (TPSA) is 0 Å². The van der Waals surface area contributed by atoms with Gasteiger partial charge in [-0.05, 0) is 107 Å². The van der Waals surface area contributed by atoms with Crippen LogP contribution in [0.5, 0.6) is 0 Å². The fourth-order valence-corrected chi connectivity index (χ4v) is 17.9. The second-order valence-electron chi connectivity index (χ2n) is 15.7. The molecule has 0 aliphatic heterocycles. The SMILES string of the molecule is c1ccc(-c2ccccc2P(C2CCCCC2)C2CCCCC2)cc1.c1ccc(-c2ccccc2P(C2CCCCC2)C2CCCCC2)cc1. The van der Waals surface area contributed by atoms with Crippen molar-refractivity contribution in [2.45, 2.75) is 151 Å². The molecule has 0 saturated heterocycles. The number of rotatable bonds is 8. The van der Waals surface area contributed by atoms with Crippen molar-refractivity contribution in [3.05, 3.63) is 109 Å². The van der Waals surface area contributed by atoms with Crippen molar-refractivity contribution in [1.82, 2.24) is 0 Å². The Hall–Kier alpha value is -2.26. The van der Waals surface area contributed by atoms with Gasteiger partial charge in [-0.25, -0.2) is 0 Å². The number of benzene rings is 4. The van der Waals surface area contributed by atoms with E-state index in [4.69, 9.17) is 0 Å². The molecule has 0 heterocycles. The van der Waals surface area contributed by atoms with Crippen LogP contribution in [0.3, 0.4) is 0 Å². The highest BCUT2D eigenvalue weighted by Gasteiger charge is 2.35. The molecule has 0 atom stereocenters. The zero-order valence-electron chi connectivity index (χ0n) is 30.7. The first kappa shape index (κ1) is 36.1. The minimum atomic E-state index is -0.0365. The van der Waals surface area contributed by atoms with Crippen LogP contribution in [0.15, 0.2) is 109 Å². The Morgan fingerprint density at radius 2 is 0.540 bits per heavy atom. The predicted octanol–water partition coefficient (Wildman–Crippen LogP) is 14.3. The molecule has 4 aromatic rings. The summed E-state index contributed by atoms with van der Waals surface area (Å²) in [6.45, 7) is 0. The van der Waals surface area contributed by atoms with E-state index in [1.807, 2.05) is 0 Å². The van der Waals surface area contributed by atoms with Crippen LogP contribution in [0.2, 0.25) is 0 Å². The van der Waals surface area contributed by atoms with Crippen LogP contribution in [-0.4, -0.2) is 22.6 Å². The van der Waals surface area contributed by atoms with Crippen molar-refractivity contribution in [3.63, 3.8) is 0 Å². The van der Waals surface area contributed by atoms with Gasteiger partial charge >= 0.3 is 0 Å². The lowest BCUT2D eigenvalue weighted by Gasteiger charge is -2.39. The predicted molar refractivity (Wildman–Crippen MR) is 224 cm³/mol. The van der Waals surface area contributed by atoms with Crippen molar-refractivity contribution in [2.75, 3.05) is 0 Å². The molecule has 4 saturated carbocycles. The van der Waals surface area contributed by atoms with Gasteiger partial charge < -0.3 is 0 Å². The van der Waals surface area contributed by atoms with Crippen LogP contribution in [-0.2, 0) is 0 Å². The molecule has 0 amide bonds. The highest BCUT2D eigenvalue weighted by atomic mass is 31.1. The average molecular weight is 701 g/mol. The van der Waals surface area contributed by atoms with E-state index in [9.17, 15) is 0 Å². The molecule has 4 aliphatic rings. The highest BCUT2D eigenvalue weighted by molar-refractivity contribution is 7.67. The zero-order chi connectivity index (χ0) is 33.8. The van der Waals surface area contributed by atoms with E-state index < -0.39 is 0 Å². The van der Waals surface area contributed by atoms with Gasteiger partial charge in [-0.1, -0.05) is 202 Å². The summed E-state index contributed by atoms with van der Waals surface area (Å²) >= 11 is 0. The summed E-state index contributed by atoms with van der Waals surface area (Å²) in [6.07, 6.45) is 29.4. The summed E-state index contributed by atoms with van der Waals surface area (Å²) in [4.78, 5) is 0. The molecule has 264 valence electrons. The Bertz CT molecular complexity index is 1380. The first-order valence-corrected chi connectivity index (χ1v) is 23.7. The lowest BCUT2D eigenvalue weighted by atomic mass is 9.99. The van der Waals surface area contributed by atoms with Gasteiger partial charge in [0.05, 0.1) is 0 Å². The average Bonchev–Trinajstić information content (AvgIpc) is 3.21. The first-order valence-electron chi connectivity index (χ1n) is 20.7. The van der Waals surface area contributed by atoms with Crippen LogP contribution in [0.4, 0.5) is 0 Å². The van der Waals surface area contributed by atoms with E-state index in [-0.39, 0.29) is 15.8 Å². The molecular formula is C48H62P2. The van der Waals surface area contributed by atoms with Crippen molar-refractivity contribution < 1.29 is 0 Å². The molecule has 0 unspecified atom stereocenters. The maximum Gasteiger partial charge on any atom is -0.0107 e. The molecule has 0 nitrogen and oxygen atoms in total. The quantitative estimate of drug-likeness (QED) is 0.161. The summed E-state index contributed by atoms with van der Waals surface area (Å²) in [6, 6.07) is 41.0. The lowest BCUT2D eigenvalue weighted by molar-refractivity contribution is 0.487. The van der Waals surface area contributed by atoms with Crippen LogP contribution in [0.25, 0.3) is 22.3 Å². The van der Waals surface area contributed by atoms with Gasteiger partial charge in [0.2, 0.25) is 0 Å². The van der Waals surface area contributed by atoms with Gasteiger partial charge in [-0.15, -0.1) is 0 Å². The summed E-state index contributed by atoms with van der Waals surface area (Å²) in [5.74, 6) is 0. The zero-order valence-corrected chi connectivity index (χ0v) is 32.5. The van der Waals surface area contributed by atoms with Crippen LogP contribution in [0, 0.1) is 0 Å². The van der Waals surface area contributed by atoms with Gasteiger partial charge in [0.15, 0.2) is 0 Å². The fourth-order valence-electron chi connectivity index (χ4n) is 9.94. The van der Waals surface area contributed by atoms with E-state index in [2.05, 4.69) is 109 Å². The Labute approximate surface area is 307 Å². The third-order valence-electron chi connectivity index (χ3n) is 12.4. The standard InChI is InChI=1S/2C24H31P/c2*1-4-12-20(13-5-1)23-18-10-11-19-24(23)25(21-14-6-2-7-15-21)22-16-8-3-9-17-22/h2*1,4-5,10-13,18-19,21-22H,2-3,6-9,14-17H2. The smallest absolute Gasteiger partial charge is 0.0107 e. The molecule has 8 rings (SSSR count). The van der Waals surface area contributed by atoms with Gasteiger partial charge in [0, 0.05) is 0 Å². The molecule has 2 heteroatoms. The van der Waals surface area contributed by atoms with Crippen LogP contribution < -0.4 is 10.6 Å². The Balaban J connectivity index is 0.000000157. The molecule has 0 radical (unpaired) electrons. The second kappa shape index (κ2) is 19.0. The van der Waals surface area contributed by atoms with E-state index in [0.29, 0.717) is 0 Å². The third kappa shape index (κ3) is 9.20. The van der Waals surface area contributed by atoms with Gasteiger partial charge in [-0.2, -0.15) is 0 Å². The summed E-state index contributed by atoms with van der Waals surface area (Å²) < 4.78 is 0. The third-order valence-corrected chi connectivity index (χ3v) is 19.5. The summed E-state index contributed by atoms with van der Waals surface area (Å²) in [7, 11) is -0.0730. The van der Waals surface area contributed by atoms with E-state index in [1.54, 1.807) is 10.6 Å². The largest absolute Gasteiger partial charge is 0.0683 e. The molecule has 4 fully saturated rings. The van der Waals surface area contributed by atoms with Gasteiger partial charge in [0.1, 0.15) is 0 Å². The number of hydrogen-bond donors (Lipinski definition) is 0. The molecule has 0 aromatic heterocycles. The van der Waals surface area contributed by atoms with Gasteiger partial charge in [-0.3, -0.25) is 0 Å². The molecule has 0 bridgehead atoms. The van der Waals surface area contributed by atoms with Crippen molar-refractivity contribution in [3.8, 4) is 22.3 Å². The summed E-state index contributed by atoms with van der Waals surface area (Å²) in [5, 5.41) is 3.42. The van der Waals surface area contributed by atoms with Gasteiger partial charge in [0.25, 0.3) is 0 Å². The normalized spacial score (nSPS) is 20.0. The molecule has 0 N–H and O–H groups in total. The fraction of sp³-hybridized carbons (Fsp3) is 0.500. The lowest BCUT2D eigenvalue weighted by Crippen LogP contribution is -2.27. The number of hydrogen-bond acceptors (Lipinski definition) is 0. The second-order valence-corrected chi connectivity index (χ2v) is 21.3. The Kier molecular flexibility index (Phi) is 13.7. The highest BCUT2D eigenvalue weighted by Crippen LogP contribution is 2.57. The van der Waals surface area contributed by atoms with Crippen molar-refractivity contribution >= 4 is 26.5 Å². The molecule has 4 aromatic carbocycles. The minimum absolute atomic E-state index is 0.0365. The minimum Gasteiger partial charge on any atom is -0.0683 e. The molecular weight excluding hydrogens is 638 g/mol. The van der Waals surface area contributed by atoms with Crippen LogP contribution in [0.1, 0.15) is 128 Å². The summed E-state index contributed by atoms with van der Waals surface area (Å²) in [5.41, 5.74) is 9.74. The van der Waals surface area contributed by atoms with Crippen molar-refractivity contribution in [1.29, 1.82) is 0 Å². The molecule has 4 aliphatic carbocycles. The first-order chi connectivity index (χ1) is 24.9. The monoisotopic (exact) mass is 700 g/mol. The Morgan fingerprint density at radius 3 is 0.840 bits per heavy atom.